The van der Waals surface area contributed by atoms with E-state index in [9.17, 15) is 4.79 Å². The third-order valence-corrected chi connectivity index (χ3v) is 5.99. The van der Waals surface area contributed by atoms with Crippen LogP contribution in [0.5, 0.6) is 0 Å². The zero-order valence-corrected chi connectivity index (χ0v) is 14.6. The molecule has 1 heterocycles. The number of benzene rings is 1. The van der Waals surface area contributed by atoms with Gasteiger partial charge in [-0.05, 0) is 38.8 Å². The molecule has 2 aliphatic rings. The van der Waals surface area contributed by atoms with Crippen molar-refractivity contribution in [2.45, 2.75) is 63.5 Å². The molecule has 3 nitrogen and oxygen atoms in total. The quantitative estimate of drug-likeness (QED) is 0.849. The largest absolute Gasteiger partial charge is 0.338 e. The molecule has 126 valence electrons. The molecule has 2 fully saturated rings. The number of likely N-dealkylation sites (tertiary alicyclic amines) is 1. The standard InChI is InChI=1S/C20H30N2O/c1-3-22(19(23)14-17-10-6-4-7-11-17)18-15-20(21(2)16-18)12-8-5-9-13-20/h4,6-7,10-11,18H,3,5,8-9,12-16H2,1-2H3. The van der Waals surface area contributed by atoms with Crippen LogP contribution in [-0.2, 0) is 11.2 Å². The lowest BCUT2D eigenvalue weighted by atomic mass is 9.79. The van der Waals surface area contributed by atoms with Crippen LogP contribution in [0.15, 0.2) is 30.3 Å². The summed E-state index contributed by atoms with van der Waals surface area (Å²) in [4.78, 5) is 17.5. The molecule has 3 rings (SSSR count). The number of hydrogen-bond donors (Lipinski definition) is 0. The van der Waals surface area contributed by atoms with E-state index < -0.39 is 0 Å². The van der Waals surface area contributed by atoms with Crippen LogP contribution in [0, 0.1) is 0 Å². The van der Waals surface area contributed by atoms with E-state index in [0.717, 1.165) is 25.1 Å². The molecule has 1 amide bonds. The molecule has 1 aliphatic carbocycles. The molecule has 23 heavy (non-hydrogen) atoms. The molecular formula is C20H30N2O. The van der Waals surface area contributed by atoms with Crippen molar-refractivity contribution in [2.24, 2.45) is 0 Å². The summed E-state index contributed by atoms with van der Waals surface area (Å²) in [6.07, 6.45) is 8.39. The van der Waals surface area contributed by atoms with Crippen molar-refractivity contribution < 1.29 is 4.79 Å². The lowest BCUT2D eigenvalue weighted by molar-refractivity contribution is -0.132. The molecule has 1 unspecified atom stereocenters. The molecule has 1 atom stereocenters. The number of carbonyl (C=O) groups is 1. The molecule has 0 radical (unpaired) electrons. The molecular weight excluding hydrogens is 284 g/mol. The van der Waals surface area contributed by atoms with E-state index in [1.165, 1.54) is 32.1 Å². The number of hydrogen-bond acceptors (Lipinski definition) is 2. The van der Waals surface area contributed by atoms with Gasteiger partial charge in [-0.25, -0.2) is 0 Å². The molecule has 0 N–H and O–H groups in total. The summed E-state index contributed by atoms with van der Waals surface area (Å²) in [5.41, 5.74) is 1.48. The van der Waals surface area contributed by atoms with Gasteiger partial charge in [0, 0.05) is 24.7 Å². The molecule has 3 heteroatoms. The number of amides is 1. The summed E-state index contributed by atoms with van der Waals surface area (Å²) < 4.78 is 0. The lowest BCUT2D eigenvalue weighted by Gasteiger charge is -2.39. The third kappa shape index (κ3) is 3.45. The molecule has 0 bridgehead atoms. The van der Waals surface area contributed by atoms with Crippen molar-refractivity contribution in [1.29, 1.82) is 0 Å². The van der Waals surface area contributed by atoms with Gasteiger partial charge in [-0.2, -0.15) is 0 Å². The lowest BCUT2D eigenvalue weighted by Crippen LogP contribution is -2.42. The van der Waals surface area contributed by atoms with Crippen LogP contribution in [0.1, 0.15) is 51.0 Å². The third-order valence-electron chi connectivity index (χ3n) is 5.99. The van der Waals surface area contributed by atoms with Crippen molar-refractivity contribution in [3.8, 4) is 0 Å². The molecule has 1 aromatic carbocycles. The number of likely N-dealkylation sites (N-methyl/N-ethyl adjacent to an activating group) is 2. The van der Waals surface area contributed by atoms with Crippen LogP contribution in [0.4, 0.5) is 0 Å². The van der Waals surface area contributed by atoms with E-state index in [4.69, 9.17) is 0 Å². The summed E-state index contributed by atoms with van der Waals surface area (Å²) in [6, 6.07) is 10.5. The second-order valence-electron chi connectivity index (χ2n) is 7.37. The SMILES string of the molecule is CCN(C(=O)Cc1ccccc1)C1CN(C)C2(CCCCC2)C1. The van der Waals surface area contributed by atoms with Crippen LogP contribution >= 0.6 is 0 Å². The maximum Gasteiger partial charge on any atom is 0.227 e. The van der Waals surface area contributed by atoms with Crippen LogP contribution in [0.25, 0.3) is 0 Å². The van der Waals surface area contributed by atoms with Gasteiger partial charge in [0.1, 0.15) is 0 Å². The van der Waals surface area contributed by atoms with Crippen LogP contribution in [0.3, 0.4) is 0 Å². The van der Waals surface area contributed by atoms with Gasteiger partial charge in [0.2, 0.25) is 5.91 Å². The zero-order chi connectivity index (χ0) is 16.3. The van der Waals surface area contributed by atoms with Crippen molar-refractivity contribution in [1.82, 2.24) is 9.80 Å². The van der Waals surface area contributed by atoms with Gasteiger partial charge in [0.15, 0.2) is 0 Å². The minimum atomic E-state index is 0.282. The first-order valence-corrected chi connectivity index (χ1v) is 9.19. The average molecular weight is 314 g/mol. The smallest absolute Gasteiger partial charge is 0.227 e. The average Bonchev–Trinajstić information content (AvgIpc) is 2.86. The van der Waals surface area contributed by atoms with Gasteiger partial charge in [0.25, 0.3) is 0 Å². The van der Waals surface area contributed by atoms with Crippen LogP contribution < -0.4 is 0 Å². The molecule has 1 saturated carbocycles. The number of rotatable bonds is 4. The normalized spacial score (nSPS) is 24.0. The first kappa shape index (κ1) is 16.5. The Bertz CT molecular complexity index is 522. The number of carbonyl (C=O) groups excluding carboxylic acids is 1. The zero-order valence-electron chi connectivity index (χ0n) is 14.6. The highest BCUT2D eigenvalue weighted by molar-refractivity contribution is 5.79. The van der Waals surface area contributed by atoms with Gasteiger partial charge in [-0.15, -0.1) is 0 Å². The minimum absolute atomic E-state index is 0.282. The van der Waals surface area contributed by atoms with Gasteiger partial charge in [-0.3, -0.25) is 9.69 Å². The highest BCUT2D eigenvalue weighted by atomic mass is 16.2. The maximum absolute atomic E-state index is 12.8. The molecule has 1 aromatic rings. The Morgan fingerprint density at radius 1 is 1.22 bits per heavy atom. The van der Waals surface area contributed by atoms with Gasteiger partial charge < -0.3 is 4.90 Å². The van der Waals surface area contributed by atoms with Gasteiger partial charge in [0.05, 0.1) is 6.42 Å². The van der Waals surface area contributed by atoms with Crippen molar-refractivity contribution in [3.63, 3.8) is 0 Å². The highest BCUT2D eigenvalue weighted by Crippen LogP contribution is 2.42. The Hall–Kier alpha value is -1.35. The second-order valence-corrected chi connectivity index (χ2v) is 7.37. The summed E-state index contributed by atoms with van der Waals surface area (Å²) in [6.45, 7) is 3.98. The Morgan fingerprint density at radius 2 is 1.91 bits per heavy atom. The van der Waals surface area contributed by atoms with E-state index in [0.29, 0.717) is 18.0 Å². The van der Waals surface area contributed by atoms with E-state index in [2.05, 4.69) is 35.9 Å². The van der Waals surface area contributed by atoms with Crippen LogP contribution in [-0.4, -0.2) is 47.4 Å². The van der Waals surface area contributed by atoms with E-state index in [1.54, 1.807) is 0 Å². The Morgan fingerprint density at radius 3 is 2.57 bits per heavy atom. The first-order chi connectivity index (χ1) is 11.1. The predicted molar refractivity (Wildman–Crippen MR) is 94.4 cm³/mol. The summed E-state index contributed by atoms with van der Waals surface area (Å²) in [7, 11) is 2.26. The van der Waals surface area contributed by atoms with Gasteiger partial charge >= 0.3 is 0 Å². The van der Waals surface area contributed by atoms with Crippen molar-refractivity contribution in [2.75, 3.05) is 20.1 Å². The maximum atomic E-state index is 12.8. The molecule has 1 spiro atoms. The van der Waals surface area contributed by atoms with Crippen molar-refractivity contribution >= 4 is 5.91 Å². The van der Waals surface area contributed by atoms with Crippen LogP contribution in [0.2, 0.25) is 0 Å². The summed E-state index contributed by atoms with van der Waals surface area (Å²) >= 11 is 0. The second kappa shape index (κ2) is 7.04. The predicted octanol–water partition coefficient (Wildman–Crippen LogP) is 3.48. The van der Waals surface area contributed by atoms with Crippen molar-refractivity contribution in [3.05, 3.63) is 35.9 Å². The fourth-order valence-corrected chi connectivity index (χ4v) is 4.68. The summed E-state index contributed by atoms with van der Waals surface area (Å²) in [5.74, 6) is 0.282. The molecule has 1 aliphatic heterocycles. The fraction of sp³-hybridized carbons (Fsp3) is 0.650. The topological polar surface area (TPSA) is 23.6 Å². The van der Waals surface area contributed by atoms with E-state index in [1.807, 2.05) is 18.2 Å². The molecule has 1 saturated heterocycles. The van der Waals surface area contributed by atoms with Gasteiger partial charge in [-0.1, -0.05) is 49.6 Å². The Balaban J connectivity index is 1.67. The first-order valence-electron chi connectivity index (χ1n) is 9.19. The summed E-state index contributed by atoms with van der Waals surface area (Å²) in [5, 5.41) is 0. The minimum Gasteiger partial charge on any atom is -0.338 e. The van der Waals surface area contributed by atoms with E-state index in [-0.39, 0.29) is 5.91 Å². The fourth-order valence-electron chi connectivity index (χ4n) is 4.68. The Labute approximate surface area is 140 Å². The molecule has 0 aromatic heterocycles. The van der Waals surface area contributed by atoms with E-state index >= 15 is 0 Å². The number of nitrogens with zero attached hydrogens (tertiary/aromatic N) is 2. The monoisotopic (exact) mass is 314 g/mol. The Kier molecular flexibility index (Phi) is 5.05. The highest BCUT2D eigenvalue weighted by Gasteiger charge is 2.46.